The third-order valence-electron chi connectivity index (χ3n) is 5.06. The number of hydrogen-bond donors (Lipinski definition) is 3. The largest absolute Gasteiger partial charge is 1.00 e. The first kappa shape index (κ1) is 29.1. The molecule has 0 bridgehead atoms. The summed E-state index contributed by atoms with van der Waals surface area (Å²) in [6.45, 7) is 0. The fourth-order valence-electron chi connectivity index (χ4n) is 3.39. The number of nitrogens with two attached hydrogens (primary N) is 1. The van der Waals surface area contributed by atoms with Crippen LogP contribution >= 0.6 is 0 Å². The SMILES string of the molecule is Nc1nc2[nH]cc(CCc3ccc(C(=O)CC(CCC(=O)[O-])C(=O)[O-])cc3)c2c(=O)[nH]1.[Na+].[Na+]. The van der Waals surface area contributed by atoms with Crippen molar-refractivity contribution in [2.24, 2.45) is 5.92 Å². The zero-order valence-electron chi connectivity index (χ0n) is 18.5. The van der Waals surface area contributed by atoms with Gasteiger partial charge in [0.05, 0.1) is 5.39 Å². The zero-order valence-corrected chi connectivity index (χ0v) is 22.5. The number of rotatable bonds is 10. The van der Waals surface area contributed by atoms with Crippen molar-refractivity contribution < 1.29 is 83.7 Å². The van der Waals surface area contributed by atoms with Gasteiger partial charge in [-0.1, -0.05) is 24.3 Å². The van der Waals surface area contributed by atoms with Crippen LogP contribution < -0.4 is 80.6 Å². The molecule has 1 atom stereocenters. The number of carboxylic acid groups (broad SMARTS) is 2. The number of aryl methyl sites for hydroxylation is 2. The molecule has 0 fully saturated rings. The molecule has 3 rings (SSSR count). The second-order valence-electron chi connectivity index (χ2n) is 7.24. The summed E-state index contributed by atoms with van der Waals surface area (Å²) >= 11 is 0. The van der Waals surface area contributed by atoms with E-state index in [9.17, 15) is 29.4 Å². The van der Waals surface area contributed by atoms with E-state index in [1.54, 1.807) is 30.5 Å². The van der Waals surface area contributed by atoms with Crippen molar-refractivity contribution in [3.8, 4) is 0 Å². The number of carboxylic acids is 2. The van der Waals surface area contributed by atoms with Crippen LogP contribution in [-0.2, 0) is 22.4 Å². The number of carbonyl (C=O) groups is 3. The third kappa shape index (κ3) is 7.80. The maximum Gasteiger partial charge on any atom is 1.00 e. The van der Waals surface area contributed by atoms with Crippen molar-refractivity contribution in [1.82, 2.24) is 15.0 Å². The number of H-pyrrole nitrogens is 2. The number of ketones is 1. The smallest absolute Gasteiger partial charge is 0.550 e. The quantitative estimate of drug-likeness (QED) is 0.193. The summed E-state index contributed by atoms with van der Waals surface area (Å²) < 4.78 is 0. The average Bonchev–Trinajstić information content (AvgIpc) is 3.12. The molecule has 10 nitrogen and oxygen atoms in total. The molecule has 2 aromatic heterocycles. The Morgan fingerprint density at radius 2 is 1.73 bits per heavy atom. The van der Waals surface area contributed by atoms with Crippen LogP contribution in [-0.4, -0.2) is 32.7 Å². The second-order valence-corrected chi connectivity index (χ2v) is 7.24. The van der Waals surface area contributed by atoms with Gasteiger partial charge in [0.15, 0.2) is 5.78 Å². The Labute approximate surface area is 233 Å². The van der Waals surface area contributed by atoms with Gasteiger partial charge < -0.3 is 30.5 Å². The number of nitrogen functional groups attached to an aromatic ring is 1. The third-order valence-corrected chi connectivity index (χ3v) is 5.06. The van der Waals surface area contributed by atoms with Gasteiger partial charge in [0.1, 0.15) is 5.65 Å². The maximum atomic E-state index is 12.4. The number of nitrogens with zero attached hydrogens (tertiary/aromatic N) is 1. The Kier molecular flexibility index (Phi) is 11.5. The molecule has 0 saturated heterocycles. The molecule has 1 aromatic carbocycles. The summed E-state index contributed by atoms with van der Waals surface area (Å²) in [4.78, 5) is 55.6. The van der Waals surface area contributed by atoms with Crippen molar-refractivity contribution in [1.29, 1.82) is 0 Å². The van der Waals surface area contributed by atoms with Crippen molar-refractivity contribution in [2.45, 2.75) is 32.1 Å². The summed E-state index contributed by atoms with van der Waals surface area (Å²) in [6, 6.07) is 6.68. The van der Waals surface area contributed by atoms with Crippen LogP contribution in [0.4, 0.5) is 5.95 Å². The molecular weight excluding hydrogens is 450 g/mol. The summed E-state index contributed by atoms with van der Waals surface area (Å²) in [7, 11) is 0. The molecule has 1 unspecified atom stereocenters. The number of fused-ring (bicyclic) bond motifs is 1. The number of aromatic amines is 2. The minimum absolute atomic E-state index is 0. The van der Waals surface area contributed by atoms with Gasteiger partial charge in [-0.3, -0.25) is 14.6 Å². The summed E-state index contributed by atoms with van der Waals surface area (Å²) in [6.07, 6.45) is 1.83. The predicted molar refractivity (Wildman–Crippen MR) is 107 cm³/mol. The molecular formula is C21H20N4Na2O6. The van der Waals surface area contributed by atoms with E-state index in [0.717, 1.165) is 11.1 Å². The molecule has 0 saturated carbocycles. The van der Waals surface area contributed by atoms with Crippen LogP contribution in [0.15, 0.2) is 35.3 Å². The van der Waals surface area contributed by atoms with E-state index in [2.05, 4.69) is 15.0 Å². The van der Waals surface area contributed by atoms with Gasteiger partial charge in [0, 0.05) is 36.0 Å². The van der Waals surface area contributed by atoms with Gasteiger partial charge >= 0.3 is 59.1 Å². The Bertz CT molecular complexity index is 1190. The van der Waals surface area contributed by atoms with Crippen LogP contribution in [0.3, 0.4) is 0 Å². The van der Waals surface area contributed by atoms with E-state index in [1.165, 1.54) is 0 Å². The number of nitrogens with one attached hydrogen (secondary N) is 2. The molecule has 162 valence electrons. The molecule has 2 heterocycles. The van der Waals surface area contributed by atoms with Crippen molar-refractivity contribution in [2.75, 3.05) is 5.73 Å². The van der Waals surface area contributed by atoms with Gasteiger partial charge in [-0.25, -0.2) is 0 Å². The second kappa shape index (κ2) is 13.1. The minimum atomic E-state index is -1.46. The summed E-state index contributed by atoms with van der Waals surface area (Å²) in [5, 5.41) is 22.1. The normalized spacial score (nSPS) is 11.3. The van der Waals surface area contributed by atoms with Crippen molar-refractivity contribution in [3.05, 3.63) is 57.5 Å². The van der Waals surface area contributed by atoms with E-state index in [1.807, 2.05) is 0 Å². The molecule has 4 N–H and O–H groups in total. The standard InChI is InChI=1S/C21H22N4O6.2Na/c22-21-24-18-17(19(29)25-21)14(10-23-18)6-3-11-1-4-12(5-2-11)15(26)9-13(20(30)31)7-8-16(27)28;;/h1-2,4-5,10,13H,3,6-9H2,(H,27,28)(H,30,31)(H4,22,23,24,25,29);;/q;2*+1/p-2. The first-order valence-electron chi connectivity index (χ1n) is 9.63. The molecule has 0 amide bonds. The molecule has 0 aliphatic rings. The number of anilines is 1. The van der Waals surface area contributed by atoms with Crippen molar-refractivity contribution in [3.63, 3.8) is 0 Å². The average molecular weight is 470 g/mol. The maximum absolute atomic E-state index is 12.4. The van der Waals surface area contributed by atoms with Crippen molar-refractivity contribution >= 4 is 34.7 Å². The monoisotopic (exact) mass is 470 g/mol. The molecule has 0 aliphatic carbocycles. The molecule has 12 heteroatoms. The van der Waals surface area contributed by atoms with Gasteiger partial charge in [-0.2, -0.15) is 4.98 Å². The number of aliphatic carboxylic acids is 2. The van der Waals surface area contributed by atoms with Gasteiger partial charge in [0.2, 0.25) is 5.95 Å². The van der Waals surface area contributed by atoms with Crippen LogP contribution in [0.5, 0.6) is 0 Å². The summed E-state index contributed by atoms with van der Waals surface area (Å²) in [5.74, 6) is -4.40. The Morgan fingerprint density at radius 1 is 1.06 bits per heavy atom. The Morgan fingerprint density at radius 3 is 2.33 bits per heavy atom. The van der Waals surface area contributed by atoms with Crippen LogP contribution in [0.2, 0.25) is 0 Å². The number of hydrogen-bond acceptors (Lipinski definition) is 8. The number of benzene rings is 1. The predicted octanol–water partition coefficient (Wildman–Crippen LogP) is -6.90. The molecule has 33 heavy (non-hydrogen) atoms. The number of Topliss-reactive ketones (excluding diaryl/α,β-unsaturated/α-hetero) is 1. The zero-order chi connectivity index (χ0) is 22.5. The summed E-state index contributed by atoms with van der Waals surface area (Å²) in [5.41, 5.74) is 7.66. The molecule has 0 spiro atoms. The van der Waals surface area contributed by atoms with Gasteiger partial charge in [-0.15, -0.1) is 0 Å². The minimum Gasteiger partial charge on any atom is -0.550 e. The van der Waals surface area contributed by atoms with E-state index in [4.69, 9.17) is 5.73 Å². The first-order chi connectivity index (χ1) is 14.7. The van der Waals surface area contributed by atoms with E-state index >= 15 is 0 Å². The topological polar surface area (TPSA) is 185 Å². The number of carbonyl (C=O) groups excluding carboxylic acids is 3. The van der Waals surface area contributed by atoms with E-state index < -0.39 is 30.1 Å². The van der Waals surface area contributed by atoms with Gasteiger partial charge in [-0.05, 0) is 36.8 Å². The fourth-order valence-corrected chi connectivity index (χ4v) is 3.39. The molecule has 0 aliphatic heterocycles. The van der Waals surface area contributed by atoms with E-state index in [0.29, 0.717) is 29.4 Å². The first-order valence-corrected chi connectivity index (χ1v) is 9.63. The van der Waals surface area contributed by atoms with Crippen LogP contribution in [0, 0.1) is 5.92 Å². The fraction of sp³-hybridized carbons (Fsp3) is 0.286. The molecule has 3 aromatic rings. The Balaban J connectivity index is 0.00000272. The van der Waals surface area contributed by atoms with E-state index in [-0.39, 0.29) is 83.5 Å². The van der Waals surface area contributed by atoms with Gasteiger partial charge in [0.25, 0.3) is 5.56 Å². The van der Waals surface area contributed by atoms with Crippen LogP contribution in [0.25, 0.3) is 11.0 Å². The van der Waals surface area contributed by atoms with Crippen LogP contribution in [0.1, 0.15) is 40.7 Å². The molecule has 0 radical (unpaired) electrons. The Hall–Kier alpha value is -1.95. The number of aromatic nitrogens is 3.